The number of carbonyl (C=O) groups is 1. The lowest BCUT2D eigenvalue weighted by atomic mass is 9.78. The zero-order chi connectivity index (χ0) is 13.0. The Morgan fingerprint density at radius 1 is 1.44 bits per heavy atom. The minimum absolute atomic E-state index is 0.0470. The Kier molecular flexibility index (Phi) is 4.96. The van der Waals surface area contributed by atoms with Gasteiger partial charge in [0.1, 0.15) is 0 Å². The molecule has 104 valence electrons. The van der Waals surface area contributed by atoms with E-state index in [0.717, 1.165) is 31.1 Å². The number of amides is 1. The standard InChI is InChI=1S/C14H26N2OS/c1-11-3-5-14(2,6-4-11)16-13(17)9-12-10-18-8-7-15-12/h11-12,15H,3-10H2,1-2H3,(H,16,17). The molecule has 1 atom stereocenters. The van der Waals surface area contributed by atoms with Crippen molar-refractivity contribution in [1.82, 2.24) is 10.6 Å². The highest BCUT2D eigenvalue weighted by Crippen LogP contribution is 2.31. The van der Waals surface area contributed by atoms with E-state index in [1.807, 2.05) is 11.8 Å². The van der Waals surface area contributed by atoms with Crippen LogP contribution >= 0.6 is 11.8 Å². The SMILES string of the molecule is CC1CCC(C)(NC(=O)CC2CSCCN2)CC1. The molecule has 1 aliphatic carbocycles. The Labute approximate surface area is 115 Å². The van der Waals surface area contributed by atoms with Gasteiger partial charge in [0.05, 0.1) is 0 Å². The van der Waals surface area contributed by atoms with Gasteiger partial charge in [-0.05, 0) is 38.5 Å². The van der Waals surface area contributed by atoms with Gasteiger partial charge in [0, 0.05) is 36.1 Å². The lowest BCUT2D eigenvalue weighted by Gasteiger charge is -2.37. The molecule has 0 aromatic heterocycles. The first-order valence-corrected chi connectivity index (χ1v) is 8.35. The molecule has 2 fully saturated rings. The van der Waals surface area contributed by atoms with Crippen LogP contribution in [0.5, 0.6) is 0 Å². The lowest BCUT2D eigenvalue weighted by molar-refractivity contribution is -0.123. The minimum Gasteiger partial charge on any atom is -0.351 e. The molecule has 2 N–H and O–H groups in total. The number of carbonyl (C=O) groups excluding carboxylic acids is 1. The van der Waals surface area contributed by atoms with E-state index < -0.39 is 0 Å². The predicted molar refractivity (Wildman–Crippen MR) is 77.9 cm³/mol. The van der Waals surface area contributed by atoms with Crippen LogP contribution in [0, 0.1) is 5.92 Å². The third kappa shape index (κ3) is 4.16. The van der Waals surface area contributed by atoms with E-state index in [-0.39, 0.29) is 11.4 Å². The van der Waals surface area contributed by atoms with Gasteiger partial charge in [-0.25, -0.2) is 0 Å². The molecule has 3 nitrogen and oxygen atoms in total. The zero-order valence-corrected chi connectivity index (χ0v) is 12.4. The van der Waals surface area contributed by atoms with E-state index in [0.29, 0.717) is 12.5 Å². The third-order valence-electron chi connectivity index (χ3n) is 4.25. The zero-order valence-electron chi connectivity index (χ0n) is 11.6. The lowest BCUT2D eigenvalue weighted by Crippen LogP contribution is -2.50. The molecule has 1 amide bonds. The maximum Gasteiger partial charge on any atom is 0.222 e. The normalized spacial score (nSPS) is 37.2. The van der Waals surface area contributed by atoms with Gasteiger partial charge in [-0.1, -0.05) is 6.92 Å². The topological polar surface area (TPSA) is 41.1 Å². The Bertz CT molecular complexity index is 282. The van der Waals surface area contributed by atoms with Crippen molar-refractivity contribution >= 4 is 17.7 Å². The van der Waals surface area contributed by atoms with E-state index in [9.17, 15) is 4.79 Å². The average molecular weight is 270 g/mol. The molecule has 4 heteroatoms. The summed E-state index contributed by atoms with van der Waals surface area (Å²) in [5, 5.41) is 6.70. The van der Waals surface area contributed by atoms with Crippen LogP contribution in [0.2, 0.25) is 0 Å². The van der Waals surface area contributed by atoms with E-state index in [1.165, 1.54) is 18.6 Å². The predicted octanol–water partition coefficient (Wildman–Crippen LogP) is 2.17. The van der Waals surface area contributed by atoms with Gasteiger partial charge in [-0.2, -0.15) is 11.8 Å². The summed E-state index contributed by atoms with van der Waals surface area (Å²) in [6.45, 7) is 5.56. The van der Waals surface area contributed by atoms with Gasteiger partial charge < -0.3 is 10.6 Å². The van der Waals surface area contributed by atoms with Crippen LogP contribution < -0.4 is 10.6 Å². The molecule has 0 bridgehead atoms. The highest BCUT2D eigenvalue weighted by molar-refractivity contribution is 7.99. The van der Waals surface area contributed by atoms with Crippen molar-refractivity contribution in [3.63, 3.8) is 0 Å². The Hall–Kier alpha value is -0.220. The second kappa shape index (κ2) is 6.29. The molecule has 1 heterocycles. The number of rotatable bonds is 3. The molecule has 0 radical (unpaired) electrons. The van der Waals surface area contributed by atoms with Gasteiger partial charge in [0.25, 0.3) is 0 Å². The second-order valence-electron chi connectivity index (χ2n) is 6.22. The molecule has 0 spiro atoms. The fourth-order valence-corrected chi connectivity index (χ4v) is 3.84. The van der Waals surface area contributed by atoms with Crippen molar-refractivity contribution in [3.8, 4) is 0 Å². The van der Waals surface area contributed by atoms with Crippen molar-refractivity contribution in [3.05, 3.63) is 0 Å². The molecule has 1 unspecified atom stereocenters. The van der Waals surface area contributed by atoms with E-state index in [2.05, 4.69) is 24.5 Å². The van der Waals surface area contributed by atoms with Crippen molar-refractivity contribution in [1.29, 1.82) is 0 Å². The van der Waals surface area contributed by atoms with E-state index in [1.54, 1.807) is 0 Å². The van der Waals surface area contributed by atoms with Crippen LogP contribution in [-0.4, -0.2) is 35.5 Å². The van der Waals surface area contributed by atoms with Crippen molar-refractivity contribution in [2.24, 2.45) is 5.92 Å². The fourth-order valence-electron chi connectivity index (χ4n) is 2.89. The molecular weight excluding hydrogens is 244 g/mol. The van der Waals surface area contributed by atoms with Gasteiger partial charge >= 0.3 is 0 Å². The summed E-state index contributed by atoms with van der Waals surface area (Å²) < 4.78 is 0. The van der Waals surface area contributed by atoms with E-state index in [4.69, 9.17) is 0 Å². The number of nitrogens with one attached hydrogen (secondary N) is 2. The number of hydrogen-bond donors (Lipinski definition) is 2. The smallest absolute Gasteiger partial charge is 0.222 e. The summed E-state index contributed by atoms with van der Waals surface area (Å²) in [6, 6.07) is 0.370. The minimum atomic E-state index is 0.0470. The van der Waals surface area contributed by atoms with Gasteiger partial charge in [-0.3, -0.25) is 4.79 Å². The molecule has 1 aliphatic heterocycles. The van der Waals surface area contributed by atoms with Crippen molar-refractivity contribution in [2.45, 2.75) is 57.5 Å². The third-order valence-corrected chi connectivity index (χ3v) is 5.38. The van der Waals surface area contributed by atoms with Crippen LogP contribution in [0.15, 0.2) is 0 Å². The fraction of sp³-hybridized carbons (Fsp3) is 0.929. The molecule has 1 saturated carbocycles. The van der Waals surface area contributed by atoms with Gasteiger partial charge in [-0.15, -0.1) is 0 Å². The summed E-state index contributed by atoms with van der Waals surface area (Å²) in [6.07, 6.45) is 5.39. The maximum absolute atomic E-state index is 12.1. The molecule has 2 aliphatic rings. The molecule has 0 aromatic rings. The van der Waals surface area contributed by atoms with Crippen LogP contribution in [0.4, 0.5) is 0 Å². The van der Waals surface area contributed by atoms with Crippen LogP contribution in [-0.2, 0) is 4.79 Å². The highest BCUT2D eigenvalue weighted by atomic mass is 32.2. The molecular formula is C14H26N2OS. The molecule has 1 saturated heterocycles. The Morgan fingerprint density at radius 3 is 2.78 bits per heavy atom. The van der Waals surface area contributed by atoms with Crippen molar-refractivity contribution < 1.29 is 4.79 Å². The molecule has 0 aromatic carbocycles. The largest absolute Gasteiger partial charge is 0.351 e. The summed E-state index contributed by atoms with van der Waals surface area (Å²) in [7, 11) is 0. The summed E-state index contributed by atoms with van der Waals surface area (Å²) >= 11 is 1.95. The van der Waals surface area contributed by atoms with Crippen LogP contribution in [0.3, 0.4) is 0 Å². The number of thioether (sulfide) groups is 1. The van der Waals surface area contributed by atoms with Gasteiger partial charge in [0.15, 0.2) is 0 Å². The Balaban J connectivity index is 1.75. The summed E-state index contributed by atoms with van der Waals surface area (Å²) in [5.41, 5.74) is 0.0470. The second-order valence-corrected chi connectivity index (χ2v) is 7.37. The van der Waals surface area contributed by atoms with Crippen LogP contribution in [0.25, 0.3) is 0 Å². The summed E-state index contributed by atoms with van der Waals surface area (Å²) in [4.78, 5) is 12.1. The summed E-state index contributed by atoms with van der Waals surface area (Å²) in [5.74, 6) is 3.30. The van der Waals surface area contributed by atoms with E-state index >= 15 is 0 Å². The Morgan fingerprint density at radius 2 is 2.17 bits per heavy atom. The quantitative estimate of drug-likeness (QED) is 0.826. The first-order chi connectivity index (χ1) is 8.57. The molecule has 2 rings (SSSR count). The van der Waals surface area contributed by atoms with Crippen molar-refractivity contribution in [2.75, 3.05) is 18.1 Å². The van der Waals surface area contributed by atoms with Gasteiger partial charge in [0.2, 0.25) is 5.91 Å². The first kappa shape index (κ1) is 14.2. The number of hydrogen-bond acceptors (Lipinski definition) is 3. The molecule has 18 heavy (non-hydrogen) atoms. The maximum atomic E-state index is 12.1. The average Bonchev–Trinajstić information content (AvgIpc) is 2.34. The first-order valence-electron chi connectivity index (χ1n) is 7.19. The monoisotopic (exact) mass is 270 g/mol. The highest BCUT2D eigenvalue weighted by Gasteiger charge is 2.31. The van der Waals surface area contributed by atoms with Crippen LogP contribution in [0.1, 0.15) is 46.0 Å².